The van der Waals surface area contributed by atoms with Crippen molar-refractivity contribution in [2.45, 2.75) is 90.4 Å². The number of allylic oxidation sites excluding steroid dienone is 2. The van der Waals surface area contributed by atoms with Crippen LogP contribution in [0.2, 0.25) is 0 Å². The van der Waals surface area contributed by atoms with Gasteiger partial charge in [0.15, 0.2) is 0 Å². The lowest BCUT2D eigenvalue weighted by Gasteiger charge is -2.24. The van der Waals surface area contributed by atoms with Gasteiger partial charge >= 0.3 is 5.97 Å². The summed E-state index contributed by atoms with van der Waals surface area (Å²) in [5.74, 6) is -0.503. The number of esters is 1. The predicted octanol–water partition coefficient (Wildman–Crippen LogP) is 5.90. The molecule has 0 aliphatic carbocycles. The number of carbonyl (C=O) groups is 1. The molecule has 1 rings (SSSR count). The normalized spacial score (nSPS) is 15.1. The van der Waals surface area contributed by atoms with E-state index in [4.69, 9.17) is 10.00 Å². The Kier molecular flexibility index (Phi) is 14.2. The molecule has 0 aromatic heterocycles. The first-order valence-corrected chi connectivity index (χ1v) is 11.0. The molecule has 0 aromatic rings. The van der Waals surface area contributed by atoms with E-state index in [9.17, 15) is 4.79 Å². The minimum atomic E-state index is -0.503. The number of hydrogen-bond donors (Lipinski definition) is 0. The summed E-state index contributed by atoms with van der Waals surface area (Å²) < 4.78 is 5.23. The molecule has 0 aromatic carbocycles. The topological polar surface area (TPSA) is 53.3 Å². The highest BCUT2D eigenvalue weighted by Crippen LogP contribution is 2.11. The van der Waals surface area contributed by atoms with Gasteiger partial charge < -0.3 is 9.64 Å². The summed E-state index contributed by atoms with van der Waals surface area (Å²) in [5.41, 5.74) is 0.0790. The van der Waals surface area contributed by atoms with Gasteiger partial charge in [-0.3, -0.25) is 0 Å². The summed E-state index contributed by atoms with van der Waals surface area (Å²) >= 11 is 0. The third-order valence-electron chi connectivity index (χ3n) is 5.02. The van der Waals surface area contributed by atoms with Crippen molar-refractivity contribution >= 4 is 5.97 Å². The molecule has 152 valence electrons. The van der Waals surface area contributed by atoms with Crippen LogP contribution < -0.4 is 0 Å². The highest BCUT2D eigenvalue weighted by Gasteiger charge is 2.09. The third-order valence-corrected chi connectivity index (χ3v) is 5.02. The third kappa shape index (κ3) is 12.3. The van der Waals surface area contributed by atoms with E-state index < -0.39 is 5.97 Å². The average molecular weight is 375 g/mol. The molecule has 0 N–H and O–H groups in total. The zero-order chi connectivity index (χ0) is 19.6. The van der Waals surface area contributed by atoms with E-state index in [1.54, 1.807) is 12.2 Å². The number of nitrogens with zero attached hydrogens (tertiary/aromatic N) is 2. The molecule has 1 aliphatic heterocycles. The Labute approximate surface area is 166 Å². The summed E-state index contributed by atoms with van der Waals surface area (Å²) in [6, 6.07) is 1.95. The van der Waals surface area contributed by atoms with Crippen molar-refractivity contribution in [1.29, 1.82) is 5.26 Å². The van der Waals surface area contributed by atoms with E-state index >= 15 is 0 Å². The summed E-state index contributed by atoms with van der Waals surface area (Å²) in [6.45, 7) is 4.75. The summed E-state index contributed by atoms with van der Waals surface area (Å²) in [4.78, 5) is 14.2. The minimum Gasteiger partial charge on any atom is -0.462 e. The fraction of sp³-hybridized carbons (Fsp3) is 0.739. The van der Waals surface area contributed by atoms with Gasteiger partial charge in [0.05, 0.1) is 6.61 Å². The lowest BCUT2D eigenvalue weighted by atomic mass is 10.1. The molecule has 4 nitrogen and oxygen atoms in total. The number of unbranched alkanes of at least 4 members (excludes halogenated alkanes) is 9. The van der Waals surface area contributed by atoms with Crippen molar-refractivity contribution < 1.29 is 9.53 Å². The molecule has 0 radical (unpaired) electrons. The van der Waals surface area contributed by atoms with E-state index in [1.807, 2.05) is 12.3 Å². The summed E-state index contributed by atoms with van der Waals surface area (Å²) in [6.07, 6.45) is 21.5. The van der Waals surface area contributed by atoms with E-state index in [0.29, 0.717) is 6.61 Å². The second-order valence-electron chi connectivity index (χ2n) is 7.45. The number of ether oxygens (including phenoxy) is 1. The Hall–Kier alpha value is -1.76. The fourth-order valence-electron chi connectivity index (χ4n) is 3.31. The zero-order valence-electron chi connectivity index (χ0n) is 17.3. The second-order valence-corrected chi connectivity index (χ2v) is 7.45. The number of hydrogen-bond acceptors (Lipinski definition) is 4. The van der Waals surface area contributed by atoms with Crippen molar-refractivity contribution in [3.8, 4) is 6.07 Å². The van der Waals surface area contributed by atoms with Crippen LogP contribution in [0.5, 0.6) is 0 Å². The van der Waals surface area contributed by atoms with Gasteiger partial charge in [-0.1, -0.05) is 64.7 Å². The van der Waals surface area contributed by atoms with Gasteiger partial charge in [0, 0.05) is 13.1 Å². The first-order chi connectivity index (χ1) is 13.3. The van der Waals surface area contributed by atoms with Crippen molar-refractivity contribution in [2.24, 2.45) is 0 Å². The van der Waals surface area contributed by atoms with Crippen LogP contribution in [0.4, 0.5) is 0 Å². The van der Waals surface area contributed by atoms with Crippen molar-refractivity contribution in [2.75, 3.05) is 19.7 Å². The van der Waals surface area contributed by atoms with Crippen LogP contribution in [0.1, 0.15) is 90.4 Å². The molecule has 27 heavy (non-hydrogen) atoms. The maximum absolute atomic E-state index is 12.0. The van der Waals surface area contributed by atoms with Gasteiger partial charge in [-0.15, -0.1) is 0 Å². The number of carbonyl (C=O) groups excluding carboxylic acids is 1. The Morgan fingerprint density at radius 3 is 2.15 bits per heavy atom. The second kappa shape index (κ2) is 16.4. The molecule has 1 aliphatic rings. The van der Waals surface area contributed by atoms with Crippen LogP contribution in [0, 0.1) is 11.3 Å². The van der Waals surface area contributed by atoms with Crippen LogP contribution in [-0.4, -0.2) is 30.6 Å². The van der Waals surface area contributed by atoms with Crippen molar-refractivity contribution in [3.05, 3.63) is 23.9 Å². The lowest BCUT2D eigenvalue weighted by Crippen LogP contribution is -2.23. The Morgan fingerprint density at radius 2 is 1.56 bits per heavy atom. The smallest absolute Gasteiger partial charge is 0.348 e. The number of nitriles is 1. The molecule has 0 bridgehead atoms. The Balaban J connectivity index is 2.07. The van der Waals surface area contributed by atoms with E-state index in [-0.39, 0.29) is 5.57 Å². The molecular formula is C23H38N2O2. The van der Waals surface area contributed by atoms with Crippen molar-refractivity contribution in [1.82, 2.24) is 4.90 Å². The molecule has 1 heterocycles. The molecule has 0 atom stereocenters. The van der Waals surface area contributed by atoms with Crippen molar-refractivity contribution in [3.63, 3.8) is 0 Å². The van der Waals surface area contributed by atoms with E-state index in [1.165, 1.54) is 70.6 Å². The fourth-order valence-corrected chi connectivity index (χ4v) is 3.31. The van der Waals surface area contributed by atoms with Crippen LogP contribution >= 0.6 is 0 Å². The predicted molar refractivity (Wildman–Crippen MR) is 111 cm³/mol. The number of piperidine rings is 1. The SMILES string of the molecule is CCCCCCCCCCCCOC(=O)/C(C#N)=C\C=C\N1CCCCC1. The average Bonchev–Trinajstić information content (AvgIpc) is 2.70. The molecule has 0 amide bonds. The molecule has 0 unspecified atom stereocenters. The lowest BCUT2D eigenvalue weighted by molar-refractivity contribution is -0.138. The van der Waals surface area contributed by atoms with Gasteiger partial charge in [-0.05, 0) is 44.0 Å². The molecule has 1 fully saturated rings. The Bertz CT molecular complexity index is 485. The Morgan fingerprint density at radius 1 is 0.963 bits per heavy atom. The van der Waals surface area contributed by atoms with Crippen LogP contribution in [0.25, 0.3) is 0 Å². The van der Waals surface area contributed by atoms with E-state index in [2.05, 4.69) is 11.8 Å². The van der Waals surface area contributed by atoms with Gasteiger partial charge in [0.2, 0.25) is 0 Å². The van der Waals surface area contributed by atoms with Gasteiger partial charge in [0.1, 0.15) is 11.6 Å². The molecular weight excluding hydrogens is 336 g/mol. The minimum absolute atomic E-state index is 0.0790. The van der Waals surface area contributed by atoms with Crippen LogP contribution in [0.15, 0.2) is 23.9 Å². The van der Waals surface area contributed by atoms with Gasteiger partial charge in [-0.25, -0.2) is 4.79 Å². The maximum Gasteiger partial charge on any atom is 0.348 e. The summed E-state index contributed by atoms with van der Waals surface area (Å²) in [5, 5.41) is 9.14. The molecule has 0 saturated carbocycles. The largest absolute Gasteiger partial charge is 0.462 e. The molecule has 4 heteroatoms. The van der Waals surface area contributed by atoms with Gasteiger partial charge in [-0.2, -0.15) is 5.26 Å². The maximum atomic E-state index is 12.0. The number of likely N-dealkylation sites (tertiary alicyclic amines) is 1. The van der Waals surface area contributed by atoms with E-state index in [0.717, 1.165) is 25.9 Å². The quantitative estimate of drug-likeness (QED) is 0.125. The molecule has 0 spiro atoms. The highest BCUT2D eigenvalue weighted by molar-refractivity contribution is 5.93. The zero-order valence-corrected chi connectivity index (χ0v) is 17.3. The van der Waals surface area contributed by atoms with Crippen LogP contribution in [-0.2, 0) is 9.53 Å². The monoisotopic (exact) mass is 374 g/mol. The first kappa shape index (κ1) is 23.3. The first-order valence-electron chi connectivity index (χ1n) is 11.0. The highest BCUT2D eigenvalue weighted by atomic mass is 16.5. The molecule has 1 saturated heterocycles. The number of rotatable bonds is 14. The summed E-state index contributed by atoms with van der Waals surface area (Å²) in [7, 11) is 0. The standard InChI is InChI=1S/C23H38N2O2/c1-2-3-4-5-6-7-8-9-10-14-20-27-23(26)22(21-24)16-15-19-25-17-12-11-13-18-25/h15-16,19H,2-14,17-18,20H2,1H3/b19-15+,22-16-. The van der Waals surface area contributed by atoms with Crippen LogP contribution in [0.3, 0.4) is 0 Å². The van der Waals surface area contributed by atoms with Gasteiger partial charge in [0.25, 0.3) is 0 Å².